The molecule has 1 N–H and O–H groups in total. The van der Waals surface area contributed by atoms with Crippen LogP contribution in [0.15, 0.2) is 30.3 Å². The summed E-state index contributed by atoms with van der Waals surface area (Å²) in [4.78, 5) is 15.5. The number of rotatable bonds is 4. The first-order chi connectivity index (χ1) is 14.7. The minimum Gasteiger partial charge on any atom is -0.344 e. The van der Waals surface area contributed by atoms with Gasteiger partial charge in [0.25, 0.3) is 5.91 Å². The standard InChI is InChI=1S/C26H38N4O.H2/c1-19-18-23(28-29(19)5)24(31)27-22-10-11-26(21-9-7-6-8-20(21)22)13-16-30(17-14-26)15-12-25(2,3)4;/h6-9,18,22H,10-17H2,1-5H3,(H,27,31);1H/t22-;/m0./s1. The lowest BCUT2D eigenvalue weighted by atomic mass is 9.63. The fraction of sp³-hybridized carbons (Fsp3) is 0.615. The first-order valence-corrected chi connectivity index (χ1v) is 11.8. The number of aryl methyl sites for hydroxylation is 2. The fourth-order valence-corrected chi connectivity index (χ4v) is 5.27. The number of piperidine rings is 1. The van der Waals surface area contributed by atoms with Crippen LogP contribution < -0.4 is 5.32 Å². The van der Waals surface area contributed by atoms with E-state index in [0.29, 0.717) is 11.1 Å². The van der Waals surface area contributed by atoms with E-state index in [4.69, 9.17) is 0 Å². The van der Waals surface area contributed by atoms with Crippen LogP contribution in [0.2, 0.25) is 0 Å². The predicted molar refractivity (Wildman–Crippen MR) is 127 cm³/mol. The predicted octanol–water partition coefficient (Wildman–Crippen LogP) is 5.01. The highest BCUT2D eigenvalue weighted by Crippen LogP contribution is 2.48. The van der Waals surface area contributed by atoms with E-state index in [-0.39, 0.29) is 18.8 Å². The van der Waals surface area contributed by atoms with Crippen LogP contribution in [0, 0.1) is 12.3 Å². The topological polar surface area (TPSA) is 50.2 Å². The van der Waals surface area contributed by atoms with E-state index in [1.807, 2.05) is 20.0 Å². The van der Waals surface area contributed by atoms with Crippen LogP contribution in [-0.2, 0) is 12.5 Å². The second-order valence-corrected chi connectivity index (χ2v) is 10.9. The monoisotopic (exact) mass is 424 g/mol. The molecule has 0 saturated carbocycles. The molecule has 1 aliphatic carbocycles. The molecule has 5 nitrogen and oxygen atoms in total. The molecule has 2 aliphatic rings. The van der Waals surface area contributed by atoms with Gasteiger partial charge in [0.05, 0.1) is 6.04 Å². The summed E-state index contributed by atoms with van der Waals surface area (Å²) in [7, 11) is 1.87. The molecule has 0 unspecified atom stereocenters. The third-order valence-corrected chi connectivity index (χ3v) is 7.46. The van der Waals surface area contributed by atoms with Crippen LogP contribution in [0.1, 0.15) is 87.7 Å². The summed E-state index contributed by atoms with van der Waals surface area (Å²) in [6.45, 7) is 12.5. The van der Waals surface area contributed by atoms with E-state index in [2.05, 4.69) is 60.4 Å². The van der Waals surface area contributed by atoms with Gasteiger partial charge in [-0.05, 0) is 86.7 Å². The van der Waals surface area contributed by atoms with Gasteiger partial charge in [0.1, 0.15) is 5.69 Å². The van der Waals surface area contributed by atoms with Gasteiger partial charge in [0.15, 0.2) is 0 Å². The number of nitrogens with zero attached hydrogens (tertiary/aromatic N) is 3. The SMILES string of the molecule is Cc1cc(C(=O)N[C@H]2CCC3(CCN(CCC(C)(C)C)CC3)c3ccccc32)nn1C.[HH]. The number of hydrogen-bond acceptors (Lipinski definition) is 3. The Kier molecular flexibility index (Phi) is 5.99. The summed E-state index contributed by atoms with van der Waals surface area (Å²) in [6, 6.07) is 10.7. The summed E-state index contributed by atoms with van der Waals surface area (Å²) in [5.41, 5.74) is 4.91. The number of carbonyl (C=O) groups excluding carboxylic acids is 1. The van der Waals surface area contributed by atoms with E-state index in [1.165, 1.54) is 50.0 Å². The van der Waals surface area contributed by atoms with Crippen LogP contribution in [0.3, 0.4) is 0 Å². The minimum atomic E-state index is -0.0727. The van der Waals surface area contributed by atoms with Gasteiger partial charge in [-0.2, -0.15) is 5.10 Å². The molecule has 1 atom stereocenters. The maximum absolute atomic E-state index is 12.9. The van der Waals surface area contributed by atoms with Crippen molar-refractivity contribution < 1.29 is 6.22 Å². The Labute approximate surface area is 188 Å². The highest BCUT2D eigenvalue weighted by atomic mass is 16.2. The summed E-state index contributed by atoms with van der Waals surface area (Å²) in [6.07, 6.45) is 5.82. The maximum atomic E-state index is 12.9. The maximum Gasteiger partial charge on any atom is 0.272 e. The Morgan fingerprint density at radius 1 is 1.23 bits per heavy atom. The summed E-state index contributed by atoms with van der Waals surface area (Å²) in [5.74, 6) is -0.0727. The molecule has 0 bridgehead atoms. The van der Waals surface area contributed by atoms with Gasteiger partial charge in [-0.1, -0.05) is 45.0 Å². The van der Waals surface area contributed by atoms with Crippen molar-refractivity contribution in [1.82, 2.24) is 20.0 Å². The third kappa shape index (κ3) is 4.72. The van der Waals surface area contributed by atoms with Gasteiger partial charge < -0.3 is 10.2 Å². The van der Waals surface area contributed by atoms with Crippen molar-refractivity contribution in [3.8, 4) is 0 Å². The summed E-state index contributed by atoms with van der Waals surface area (Å²) < 4.78 is 1.76. The molecule has 0 radical (unpaired) electrons. The molecule has 1 saturated heterocycles. The van der Waals surface area contributed by atoms with Crippen molar-refractivity contribution in [2.45, 2.75) is 71.3 Å². The third-order valence-electron chi connectivity index (χ3n) is 7.46. The average Bonchev–Trinajstić information content (AvgIpc) is 3.08. The second kappa shape index (κ2) is 8.42. The van der Waals surface area contributed by atoms with Crippen molar-refractivity contribution in [1.29, 1.82) is 0 Å². The van der Waals surface area contributed by atoms with Crippen molar-refractivity contribution in [3.63, 3.8) is 0 Å². The van der Waals surface area contributed by atoms with E-state index >= 15 is 0 Å². The molecule has 170 valence electrons. The van der Waals surface area contributed by atoms with Crippen molar-refractivity contribution in [2.75, 3.05) is 19.6 Å². The van der Waals surface area contributed by atoms with Crippen molar-refractivity contribution in [2.24, 2.45) is 12.5 Å². The van der Waals surface area contributed by atoms with Gasteiger partial charge in [-0.3, -0.25) is 9.48 Å². The molecule has 4 rings (SSSR count). The number of fused-ring (bicyclic) bond motifs is 2. The molecular weight excluding hydrogens is 384 g/mol. The molecule has 1 amide bonds. The first kappa shape index (κ1) is 22.1. The van der Waals surface area contributed by atoms with Gasteiger partial charge in [-0.25, -0.2) is 0 Å². The molecule has 1 spiro atoms. The van der Waals surface area contributed by atoms with Gasteiger partial charge >= 0.3 is 0 Å². The number of nitrogens with one attached hydrogen (secondary N) is 1. The Balaban J connectivity index is 0.00000289. The lowest BCUT2D eigenvalue weighted by Gasteiger charge is -2.47. The second-order valence-electron chi connectivity index (χ2n) is 10.9. The number of amides is 1. The zero-order valence-corrected chi connectivity index (χ0v) is 19.9. The van der Waals surface area contributed by atoms with E-state index in [0.717, 1.165) is 18.5 Å². The van der Waals surface area contributed by atoms with Gasteiger partial charge in [0.2, 0.25) is 0 Å². The Morgan fingerprint density at radius 2 is 1.94 bits per heavy atom. The number of likely N-dealkylation sites (tertiary alicyclic amines) is 1. The molecule has 5 heteroatoms. The zero-order chi connectivity index (χ0) is 22.2. The summed E-state index contributed by atoms with van der Waals surface area (Å²) in [5, 5.41) is 7.63. The van der Waals surface area contributed by atoms with E-state index in [1.54, 1.807) is 4.68 Å². The minimum absolute atomic E-state index is 0. The van der Waals surface area contributed by atoms with Crippen LogP contribution in [0.5, 0.6) is 0 Å². The zero-order valence-electron chi connectivity index (χ0n) is 19.9. The van der Waals surface area contributed by atoms with E-state index in [9.17, 15) is 4.79 Å². The van der Waals surface area contributed by atoms with E-state index < -0.39 is 0 Å². The fourth-order valence-electron chi connectivity index (χ4n) is 5.27. The number of aromatic nitrogens is 2. The normalized spacial score (nSPS) is 21.1. The van der Waals surface area contributed by atoms with Crippen LogP contribution in [0.4, 0.5) is 0 Å². The Bertz CT molecular complexity index is 918. The lowest BCUT2D eigenvalue weighted by Crippen LogP contribution is -2.46. The number of benzene rings is 1. The molecule has 2 heterocycles. The van der Waals surface area contributed by atoms with Crippen molar-refractivity contribution >= 4 is 5.91 Å². The van der Waals surface area contributed by atoms with Crippen molar-refractivity contribution in [3.05, 3.63) is 52.8 Å². The molecule has 1 fully saturated rings. The molecule has 1 aromatic carbocycles. The number of carbonyl (C=O) groups is 1. The van der Waals surface area contributed by atoms with Crippen LogP contribution >= 0.6 is 0 Å². The van der Waals surface area contributed by atoms with Crippen LogP contribution in [0.25, 0.3) is 0 Å². The molecule has 2 aromatic rings. The van der Waals surface area contributed by atoms with Crippen LogP contribution in [-0.4, -0.2) is 40.2 Å². The average molecular weight is 425 g/mol. The molecule has 31 heavy (non-hydrogen) atoms. The first-order valence-electron chi connectivity index (χ1n) is 11.8. The smallest absolute Gasteiger partial charge is 0.272 e. The largest absolute Gasteiger partial charge is 0.344 e. The molecular formula is C26H40N4O. The van der Waals surface area contributed by atoms with Gasteiger partial charge in [0, 0.05) is 14.2 Å². The Morgan fingerprint density at radius 3 is 2.58 bits per heavy atom. The molecule has 1 aromatic heterocycles. The highest BCUT2D eigenvalue weighted by Gasteiger charge is 2.42. The molecule has 1 aliphatic heterocycles. The quantitative estimate of drug-likeness (QED) is 0.751. The number of hydrogen-bond donors (Lipinski definition) is 1. The summed E-state index contributed by atoms with van der Waals surface area (Å²) >= 11 is 0. The Hall–Kier alpha value is -2.14. The van der Waals surface area contributed by atoms with Gasteiger partial charge in [-0.15, -0.1) is 0 Å². The lowest BCUT2D eigenvalue weighted by molar-refractivity contribution is 0.0908. The highest BCUT2D eigenvalue weighted by molar-refractivity contribution is 5.92.